The minimum absolute atomic E-state index is 0.0780. The normalized spacial score (nSPS) is 19.4. The number of hydrogen-bond donors (Lipinski definition) is 2. The van der Waals surface area contributed by atoms with Gasteiger partial charge in [0.1, 0.15) is 0 Å². The molecular weight excluding hydrogens is 266 g/mol. The van der Waals surface area contributed by atoms with Crippen molar-refractivity contribution in [3.8, 4) is 5.75 Å². The number of pyridine rings is 1. The quantitative estimate of drug-likeness (QED) is 0.876. The van der Waals surface area contributed by atoms with Crippen molar-refractivity contribution >= 4 is 0 Å². The molecule has 2 rings (SSSR count). The first-order valence-corrected chi connectivity index (χ1v) is 7.48. The van der Waals surface area contributed by atoms with Crippen molar-refractivity contribution < 1.29 is 10.2 Å². The molecule has 0 radical (unpaired) electrons. The maximum absolute atomic E-state index is 11.5. The van der Waals surface area contributed by atoms with Crippen molar-refractivity contribution in [2.24, 2.45) is 5.92 Å². The Kier molecular flexibility index (Phi) is 5.39. The van der Waals surface area contributed by atoms with Gasteiger partial charge in [-0.2, -0.15) is 0 Å². The lowest BCUT2D eigenvalue weighted by molar-refractivity contribution is 0.240. The van der Waals surface area contributed by atoms with E-state index in [1.54, 1.807) is 13.1 Å². The van der Waals surface area contributed by atoms with Crippen LogP contribution < -0.4 is 5.43 Å². The largest absolute Gasteiger partial charge is 0.503 e. The lowest BCUT2D eigenvalue weighted by Gasteiger charge is -2.25. The van der Waals surface area contributed by atoms with Gasteiger partial charge in [-0.25, -0.2) is 0 Å². The molecule has 4 nitrogen and oxygen atoms in total. The van der Waals surface area contributed by atoms with Gasteiger partial charge in [-0.15, -0.1) is 0 Å². The summed E-state index contributed by atoms with van der Waals surface area (Å²) >= 11 is 0. The molecule has 4 heteroatoms. The molecule has 2 N–H and O–H groups in total. The summed E-state index contributed by atoms with van der Waals surface area (Å²) < 4.78 is 1.92. The Labute approximate surface area is 125 Å². The van der Waals surface area contributed by atoms with Crippen molar-refractivity contribution in [3.05, 3.63) is 52.5 Å². The van der Waals surface area contributed by atoms with Gasteiger partial charge in [-0.1, -0.05) is 24.3 Å². The molecule has 114 valence electrons. The van der Waals surface area contributed by atoms with E-state index in [1.165, 1.54) is 6.07 Å². The second kappa shape index (κ2) is 7.27. The van der Waals surface area contributed by atoms with Crippen LogP contribution in [0.1, 0.15) is 37.4 Å². The van der Waals surface area contributed by atoms with Crippen molar-refractivity contribution in [1.29, 1.82) is 0 Å². The van der Waals surface area contributed by atoms with Crippen molar-refractivity contribution in [3.63, 3.8) is 0 Å². The predicted octanol–water partition coefficient (Wildman–Crippen LogP) is 2.70. The van der Waals surface area contributed by atoms with Crippen LogP contribution in [-0.4, -0.2) is 21.4 Å². The van der Waals surface area contributed by atoms with Gasteiger partial charge in [-0.05, 0) is 38.5 Å². The molecule has 2 atom stereocenters. The Bertz CT molecular complexity index is 586. The molecule has 1 aromatic rings. The van der Waals surface area contributed by atoms with Gasteiger partial charge in [0, 0.05) is 24.9 Å². The summed E-state index contributed by atoms with van der Waals surface area (Å²) in [4.78, 5) is 11.5. The van der Waals surface area contributed by atoms with E-state index >= 15 is 0 Å². The zero-order valence-electron chi connectivity index (χ0n) is 12.4. The Morgan fingerprint density at radius 3 is 3.00 bits per heavy atom. The van der Waals surface area contributed by atoms with Gasteiger partial charge in [0.2, 0.25) is 5.43 Å². The zero-order valence-corrected chi connectivity index (χ0v) is 12.4. The van der Waals surface area contributed by atoms with E-state index in [1.807, 2.05) is 4.57 Å². The highest BCUT2D eigenvalue weighted by atomic mass is 16.3. The molecule has 0 spiro atoms. The van der Waals surface area contributed by atoms with E-state index in [4.69, 9.17) is 0 Å². The summed E-state index contributed by atoms with van der Waals surface area (Å²) in [6, 6.07) is 1.46. The molecule has 0 saturated carbocycles. The average Bonchev–Trinajstić information content (AvgIpc) is 2.73. The van der Waals surface area contributed by atoms with Gasteiger partial charge in [0.05, 0.1) is 5.69 Å². The van der Waals surface area contributed by atoms with Crippen LogP contribution in [0.4, 0.5) is 0 Å². The van der Waals surface area contributed by atoms with Gasteiger partial charge in [-0.3, -0.25) is 4.79 Å². The standard InChI is InChI=1S/C17H23NO3/c1-13-17(21)16(20)8-10-18(13)15(9-11-19)12-14-6-4-2-3-5-7-14/h2-4,6,8,10,14-15,19,21H,5,7,9,11-12H2,1H3/t14?,15-/m0/s1. The number of nitrogens with zero attached hydrogens (tertiary/aromatic N) is 1. The topological polar surface area (TPSA) is 62.5 Å². The van der Waals surface area contributed by atoms with Crippen LogP contribution in [0.3, 0.4) is 0 Å². The van der Waals surface area contributed by atoms with E-state index in [0.29, 0.717) is 18.0 Å². The first-order valence-electron chi connectivity index (χ1n) is 7.48. The van der Waals surface area contributed by atoms with Crippen LogP contribution in [0.15, 0.2) is 41.4 Å². The van der Waals surface area contributed by atoms with Crippen LogP contribution in [0.2, 0.25) is 0 Å². The first-order chi connectivity index (χ1) is 10.1. The molecule has 0 aliphatic heterocycles. The Morgan fingerprint density at radius 1 is 1.43 bits per heavy atom. The predicted molar refractivity (Wildman–Crippen MR) is 83.5 cm³/mol. The number of rotatable bonds is 5. The van der Waals surface area contributed by atoms with Crippen molar-refractivity contribution in [2.75, 3.05) is 6.61 Å². The van der Waals surface area contributed by atoms with Gasteiger partial charge >= 0.3 is 0 Å². The fourth-order valence-corrected chi connectivity index (χ4v) is 2.90. The van der Waals surface area contributed by atoms with E-state index in [9.17, 15) is 15.0 Å². The van der Waals surface area contributed by atoms with E-state index in [0.717, 1.165) is 19.3 Å². The molecule has 1 unspecified atom stereocenters. The molecule has 21 heavy (non-hydrogen) atoms. The molecule has 0 amide bonds. The highest BCUT2D eigenvalue weighted by Crippen LogP contribution is 2.28. The summed E-state index contributed by atoms with van der Waals surface area (Å²) in [6.45, 7) is 1.83. The lowest BCUT2D eigenvalue weighted by Crippen LogP contribution is -2.19. The number of aromatic nitrogens is 1. The molecule has 1 aliphatic rings. The molecule has 1 aromatic heterocycles. The van der Waals surface area contributed by atoms with Crippen molar-refractivity contribution in [2.45, 2.75) is 38.6 Å². The van der Waals surface area contributed by atoms with E-state index in [2.05, 4.69) is 24.3 Å². The summed E-state index contributed by atoms with van der Waals surface area (Å²) in [5.74, 6) is 0.246. The lowest BCUT2D eigenvalue weighted by atomic mass is 9.93. The van der Waals surface area contributed by atoms with Crippen LogP contribution >= 0.6 is 0 Å². The minimum Gasteiger partial charge on any atom is -0.503 e. The molecule has 0 fully saturated rings. The Balaban J connectivity index is 2.22. The third-order valence-corrected chi connectivity index (χ3v) is 4.12. The second-order valence-electron chi connectivity index (χ2n) is 5.57. The molecule has 0 aromatic carbocycles. The first kappa shape index (κ1) is 15.6. The van der Waals surface area contributed by atoms with Gasteiger partial charge in [0.15, 0.2) is 5.75 Å². The van der Waals surface area contributed by atoms with Gasteiger partial charge in [0.25, 0.3) is 0 Å². The maximum atomic E-state index is 11.5. The highest BCUT2D eigenvalue weighted by molar-refractivity contribution is 5.25. The summed E-state index contributed by atoms with van der Waals surface area (Å²) in [5.41, 5.74) is 0.210. The monoisotopic (exact) mass is 289 g/mol. The number of hydrogen-bond acceptors (Lipinski definition) is 3. The number of aromatic hydroxyl groups is 1. The van der Waals surface area contributed by atoms with E-state index < -0.39 is 0 Å². The fraction of sp³-hybridized carbons (Fsp3) is 0.471. The van der Waals surface area contributed by atoms with Crippen LogP contribution in [0, 0.1) is 12.8 Å². The minimum atomic E-state index is -0.356. The SMILES string of the molecule is Cc1c(O)c(=O)ccn1[C@@H](CCO)CC1C=CC=CCC1. The van der Waals surface area contributed by atoms with Crippen molar-refractivity contribution in [1.82, 2.24) is 4.57 Å². The fourth-order valence-electron chi connectivity index (χ4n) is 2.90. The average molecular weight is 289 g/mol. The third-order valence-electron chi connectivity index (χ3n) is 4.12. The maximum Gasteiger partial charge on any atom is 0.223 e. The molecule has 0 saturated heterocycles. The Hall–Kier alpha value is -1.81. The number of allylic oxidation sites excluding steroid dienone is 4. The summed E-state index contributed by atoms with van der Waals surface area (Å²) in [7, 11) is 0. The molecule has 0 bridgehead atoms. The Morgan fingerprint density at radius 2 is 2.24 bits per heavy atom. The van der Waals surface area contributed by atoms with Gasteiger partial charge < -0.3 is 14.8 Å². The summed E-state index contributed by atoms with van der Waals surface area (Å²) in [5, 5.41) is 19.2. The summed E-state index contributed by atoms with van der Waals surface area (Å²) in [6.07, 6.45) is 13.9. The second-order valence-corrected chi connectivity index (χ2v) is 5.57. The number of aliphatic hydroxyl groups is 1. The smallest absolute Gasteiger partial charge is 0.223 e. The number of aliphatic hydroxyl groups excluding tert-OH is 1. The van der Waals surface area contributed by atoms with E-state index in [-0.39, 0.29) is 23.8 Å². The third kappa shape index (κ3) is 3.85. The highest BCUT2D eigenvalue weighted by Gasteiger charge is 2.18. The zero-order chi connectivity index (χ0) is 15.2. The molecule has 1 aliphatic carbocycles. The molecule has 1 heterocycles. The van der Waals surface area contributed by atoms with Crippen LogP contribution in [-0.2, 0) is 0 Å². The van der Waals surface area contributed by atoms with Crippen LogP contribution in [0.5, 0.6) is 5.75 Å². The molecular formula is C17H23NO3. The van der Waals surface area contributed by atoms with Crippen LogP contribution in [0.25, 0.3) is 0 Å².